The Kier molecular flexibility index (Phi) is 56.2. The number of hydrogen-bond acceptors (Lipinski definition) is 8. The second kappa shape index (κ2) is 55.5. The number of ether oxygens (including phenoxy) is 2. The van der Waals surface area contributed by atoms with Gasteiger partial charge < -0.3 is 29.3 Å². The summed E-state index contributed by atoms with van der Waals surface area (Å²) in [7, 11) is 0. The molecule has 0 N–H and O–H groups in total. The molecule has 2 aromatic rings. The Morgan fingerprint density at radius 1 is 0.391 bits per heavy atom. The molecule has 0 saturated heterocycles. The van der Waals surface area contributed by atoms with Crippen LogP contribution in [0.3, 0.4) is 0 Å². The van der Waals surface area contributed by atoms with Crippen molar-refractivity contribution < 1.29 is 38.9 Å². The van der Waals surface area contributed by atoms with Crippen molar-refractivity contribution in [3.63, 3.8) is 0 Å². The zero-order chi connectivity index (χ0) is 50.6. The van der Waals surface area contributed by atoms with Crippen molar-refractivity contribution in [2.24, 2.45) is 0 Å². The van der Waals surface area contributed by atoms with Crippen LogP contribution in [0, 0.1) is 13.8 Å². The molecule has 0 fully saturated rings. The average Bonchev–Trinajstić information content (AvgIpc) is 3.35. The van der Waals surface area contributed by atoms with Gasteiger partial charge in [-0.15, -0.1) is 0 Å². The summed E-state index contributed by atoms with van der Waals surface area (Å²) in [6.07, 6.45) is 49.0. The second-order valence-electron chi connectivity index (χ2n) is 17.6. The van der Waals surface area contributed by atoms with Gasteiger partial charge >= 0.3 is 35.8 Å². The van der Waals surface area contributed by atoms with Crippen molar-refractivity contribution in [2.75, 3.05) is 13.2 Å². The minimum absolute atomic E-state index is 0. The fraction of sp³-hybridized carbons (Fsp3) is 0.633. The van der Waals surface area contributed by atoms with Gasteiger partial charge in [0.05, 0.1) is 23.1 Å². The van der Waals surface area contributed by atoms with E-state index in [4.69, 9.17) is 9.47 Å². The van der Waals surface area contributed by atoms with E-state index in [0.29, 0.717) is 0 Å². The molecule has 2 aromatic carbocycles. The molecule has 0 saturated carbocycles. The number of hydrogen-bond donors (Lipinski definition) is 0. The Morgan fingerprint density at radius 2 is 0.638 bits per heavy atom. The van der Waals surface area contributed by atoms with E-state index in [0.717, 1.165) is 38.5 Å². The molecule has 0 aliphatic heterocycles. The molecule has 0 atom stereocenters. The number of carboxylic acids is 2. The van der Waals surface area contributed by atoms with Gasteiger partial charge in [-0.1, -0.05) is 282 Å². The number of rotatable bonds is 38. The van der Waals surface area contributed by atoms with Crippen molar-refractivity contribution in [2.45, 2.75) is 233 Å². The van der Waals surface area contributed by atoms with Crippen LogP contribution in [0.4, 0.5) is 0 Å². The fourth-order valence-corrected chi connectivity index (χ4v) is 7.16. The van der Waals surface area contributed by atoms with E-state index in [1.54, 1.807) is 24.3 Å². The fourth-order valence-electron chi connectivity index (χ4n) is 7.16. The molecule has 0 heterocycles. The average molecular weight is 1060 g/mol. The molecule has 0 aromatic heterocycles. The normalized spacial score (nSPS) is 10.5. The van der Waals surface area contributed by atoms with Crippen molar-refractivity contribution in [1.82, 2.24) is 0 Å². The molecule has 8 nitrogen and oxygen atoms in total. The third-order valence-electron chi connectivity index (χ3n) is 11.3. The predicted octanol–water partition coefficient (Wildman–Crippen LogP) is 15.3. The van der Waals surface area contributed by atoms with E-state index < -0.39 is 23.9 Å². The van der Waals surface area contributed by atoms with E-state index in [-0.39, 0.29) is 59.4 Å². The van der Waals surface area contributed by atoms with Crippen LogP contribution in [-0.4, -0.2) is 61.0 Å². The summed E-state index contributed by atoms with van der Waals surface area (Å²) < 4.78 is 10.2. The van der Waals surface area contributed by atoms with Gasteiger partial charge in [0.1, 0.15) is 13.2 Å². The zero-order valence-corrected chi connectivity index (χ0v) is 47.0. The monoisotopic (exact) mass is 1060 g/mol. The van der Waals surface area contributed by atoms with Crippen molar-refractivity contribution in [3.8, 4) is 0 Å². The van der Waals surface area contributed by atoms with Crippen LogP contribution in [0.15, 0.2) is 72.8 Å². The number of allylic oxidation sites excluding steroid dienone is 2. The Bertz CT molecular complexity index is 1410. The van der Waals surface area contributed by atoms with Crippen LogP contribution in [0.1, 0.15) is 275 Å². The third-order valence-corrected chi connectivity index (χ3v) is 11.3. The van der Waals surface area contributed by atoms with Crippen LogP contribution < -0.4 is 10.2 Å². The summed E-state index contributed by atoms with van der Waals surface area (Å²) in [6, 6.07) is 11.8. The summed E-state index contributed by atoms with van der Waals surface area (Å²) in [4.78, 5) is 45.8. The number of benzene rings is 2. The SMILES string of the molecule is CCCCCCCCCCC/C=C/COC(=O)c1ccccc1C(=O)[O-].CCCCCCCCCCC/C=C/COC(=O)c1ccccc1C(=O)[O-].[CH2]CCCCCCC.[CH2]CCCCCCC.[Sn+2]. The van der Waals surface area contributed by atoms with Crippen molar-refractivity contribution in [1.29, 1.82) is 0 Å². The molecule has 0 unspecified atom stereocenters. The zero-order valence-electron chi connectivity index (χ0n) is 44.2. The van der Waals surface area contributed by atoms with Crippen LogP contribution in [0.25, 0.3) is 0 Å². The smallest absolute Gasteiger partial charge is 0.545 e. The van der Waals surface area contributed by atoms with Gasteiger partial charge in [-0.3, -0.25) is 0 Å². The van der Waals surface area contributed by atoms with E-state index >= 15 is 0 Å². The Balaban J connectivity index is -0.000000950. The molecule has 0 aliphatic rings. The maximum atomic E-state index is 11.9. The number of unbranched alkanes of at least 4 members (excludes halogenated alkanes) is 28. The number of carbonyl (C=O) groups excluding carboxylic acids is 4. The van der Waals surface area contributed by atoms with E-state index in [2.05, 4.69) is 41.5 Å². The topological polar surface area (TPSA) is 133 Å². The summed E-state index contributed by atoms with van der Waals surface area (Å²) >= 11 is 0. The number of carboxylic acid groups (broad SMARTS) is 2. The van der Waals surface area contributed by atoms with Gasteiger partial charge in [-0.25, -0.2) is 9.59 Å². The van der Waals surface area contributed by atoms with Gasteiger partial charge in [0.25, 0.3) is 0 Å². The van der Waals surface area contributed by atoms with Crippen molar-refractivity contribution >= 4 is 47.8 Å². The molecule has 0 bridgehead atoms. The Morgan fingerprint density at radius 3 is 0.899 bits per heavy atom. The minimum atomic E-state index is -1.38. The standard InChI is InChI=1S/2C22H32O4.2C8H17.Sn/c2*1-2-3-4-5-6-7-8-9-10-11-12-15-18-26-22(25)20-17-14-13-16-19(20)21(23)24;2*1-3-5-7-8-6-4-2;/h2*12-17H,2-11,18H2,1H3,(H,23,24);2*1,3-8H2,2H3;/q;;;;+2/p-2/b2*15-12+;;;. The van der Waals surface area contributed by atoms with Crippen LogP contribution in [-0.2, 0) is 9.47 Å². The molecule has 9 heteroatoms. The van der Waals surface area contributed by atoms with Gasteiger partial charge in [0, 0.05) is 11.1 Å². The Hall–Kier alpha value is -3.40. The number of esters is 2. The summed E-state index contributed by atoms with van der Waals surface area (Å²) in [5.74, 6) is -4.04. The molecule has 4 radical (unpaired) electrons. The third kappa shape index (κ3) is 45.5. The first-order valence-electron chi connectivity index (χ1n) is 27.0. The summed E-state index contributed by atoms with van der Waals surface area (Å²) in [6.45, 7) is 16.8. The summed E-state index contributed by atoms with van der Waals surface area (Å²) in [5, 5.41) is 22.0. The van der Waals surface area contributed by atoms with E-state index in [1.807, 2.05) is 24.3 Å². The molecular weight excluding hydrogens is 967 g/mol. The molecule has 0 amide bonds. The van der Waals surface area contributed by atoms with Crippen molar-refractivity contribution in [3.05, 3.63) is 109 Å². The summed E-state index contributed by atoms with van der Waals surface area (Å²) in [5.41, 5.74) is -0.230. The molecule has 2 rings (SSSR count). The first kappa shape index (κ1) is 69.9. The minimum Gasteiger partial charge on any atom is -0.545 e. The predicted molar refractivity (Wildman–Crippen MR) is 287 cm³/mol. The first-order valence-corrected chi connectivity index (χ1v) is 27.0. The maximum Gasteiger partial charge on any atom is 2.00 e. The van der Waals surface area contributed by atoms with Gasteiger partial charge in [-0.2, -0.15) is 0 Å². The molecule has 69 heavy (non-hydrogen) atoms. The first-order chi connectivity index (χ1) is 33.2. The van der Waals surface area contributed by atoms with E-state index in [9.17, 15) is 29.4 Å². The molecular formula is C60H96O8Sn. The maximum absolute atomic E-state index is 11.9. The van der Waals surface area contributed by atoms with E-state index in [1.165, 1.54) is 191 Å². The molecule has 0 aliphatic carbocycles. The van der Waals surface area contributed by atoms with Crippen LogP contribution in [0.2, 0.25) is 0 Å². The number of aromatic carboxylic acids is 2. The molecule has 0 spiro atoms. The number of carbonyl (C=O) groups is 4. The van der Waals surface area contributed by atoms with Crippen LogP contribution in [0.5, 0.6) is 0 Å². The van der Waals surface area contributed by atoms with Gasteiger partial charge in [-0.05, 0) is 37.8 Å². The second-order valence-corrected chi connectivity index (χ2v) is 17.6. The largest absolute Gasteiger partial charge is 2.00 e. The van der Waals surface area contributed by atoms with Gasteiger partial charge in [0.15, 0.2) is 0 Å². The van der Waals surface area contributed by atoms with Crippen LogP contribution >= 0.6 is 0 Å². The Labute approximate surface area is 439 Å². The molecule has 388 valence electrons. The quantitative estimate of drug-likeness (QED) is 0.0281. The van der Waals surface area contributed by atoms with Gasteiger partial charge in [0.2, 0.25) is 0 Å².